The summed E-state index contributed by atoms with van der Waals surface area (Å²) in [7, 11) is 1.81. The van der Waals surface area contributed by atoms with Crippen LogP contribution in [0.5, 0.6) is 0 Å². The molecule has 0 saturated heterocycles. The first-order valence-corrected chi connectivity index (χ1v) is 8.57. The monoisotopic (exact) mass is 321 g/mol. The van der Waals surface area contributed by atoms with E-state index in [1.807, 2.05) is 51.4 Å². The lowest BCUT2D eigenvalue weighted by Gasteiger charge is -2.19. The zero-order valence-electron chi connectivity index (χ0n) is 15.6. The number of pyridine rings is 1. The molecule has 0 bridgehead atoms. The van der Waals surface area contributed by atoms with E-state index in [2.05, 4.69) is 45.0 Å². The Morgan fingerprint density at radius 1 is 0.833 bits per heavy atom. The zero-order chi connectivity index (χ0) is 17.9. The summed E-state index contributed by atoms with van der Waals surface area (Å²) in [4.78, 5) is 12.3. The summed E-state index contributed by atoms with van der Waals surface area (Å²) >= 11 is 0. The van der Waals surface area contributed by atoms with E-state index in [-0.39, 0.29) is 11.0 Å². The summed E-state index contributed by atoms with van der Waals surface area (Å²) in [5.74, 6) is 0. The van der Waals surface area contributed by atoms with Crippen LogP contribution in [0.15, 0.2) is 59.5 Å². The molecule has 0 atom stereocenters. The highest BCUT2D eigenvalue weighted by atomic mass is 16.1. The van der Waals surface area contributed by atoms with E-state index in [1.165, 1.54) is 5.56 Å². The molecule has 2 heteroatoms. The summed E-state index contributed by atoms with van der Waals surface area (Å²) in [6.45, 7) is 10.6. The van der Waals surface area contributed by atoms with Gasteiger partial charge in [-0.3, -0.25) is 4.79 Å². The molecule has 0 amide bonds. The normalized spacial score (nSPS) is 11.1. The predicted octanol–water partition coefficient (Wildman–Crippen LogP) is 5.53. The molecule has 0 saturated carbocycles. The van der Waals surface area contributed by atoms with Gasteiger partial charge in [0.25, 0.3) is 5.56 Å². The molecule has 24 heavy (non-hydrogen) atoms. The van der Waals surface area contributed by atoms with Gasteiger partial charge in [-0.2, -0.15) is 0 Å². The van der Waals surface area contributed by atoms with Gasteiger partial charge >= 0.3 is 0 Å². The summed E-state index contributed by atoms with van der Waals surface area (Å²) in [5.41, 5.74) is 3.73. The molecule has 126 valence electrons. The Hall–Kier alpha value is -2.35. The topological polar surface area (TPSA) is 22.0 Å². The van der Waals surface area contributed by atoms with Gasteiger partial charge in [-0.1, -0.05) is 77.1 Å². The number of nitrogens with zero attached hydrogens (tertiary/aromatic N) is 1. The molecule has 0 unspecified atom stereocenters. The average molecular weight is 321 g/mol. The van der Waals surface area contributed by atoms with Crippen LogP contribution in [-0.2, 0) is 12.5 Å². The quantitative estimate of drug-likeness (QED) is 0.577. The van der Waals surface area contributed by atoms with Crippen molar-refractivity contribution in [1.82, 2.24) is 4.57 Å². The lowest BCUT2D eigenvalue weighted by Crippen LogP contribution is -2.16. The van der Waals surface area contributed by atoms with E-state index in [1.54, 1.807) is 4.57 Å². The smallest absolute Gasteiger partial charge is 0.258 e. The fraction of sp³-hybridized carbons (Fsp3) is 0.318. The minimum absolute atomic E-state index is 0.0469. The fourth-order valence-corrected chi connectivity index (χ4v) is 2.80. The van der Waals surface area contributed by atoms with Crippen molar-refractivity contribution >= 4 is 10.8 Å². The van der Waals surface area contributed by atoms with Crippen molar-refractivity contribution in [2.75, 3.05) is 0 Å². The number of aryl methyl sites for hydroxylation is 1. The minimum atomic E-state index is 0.0469. The van der Waals surface area contributed by atoms with Gasteiger partial charge in [0.05, 0.1) is 0 Å². The van der Waals surface area contributed by atoms with Gasteiger partial charge in [-0.25, -0.2) is 0 Å². The Morgan fingerprint density at radius 3 is 1.92 bits per heavy atom. The molecule has 1 aromatic heterocycles. The summed E-state index contributed by atoms with van der Waals surface area (Å²) in [6.07, 6.45) is 1.93. The van der Waals surface area contributed by atoms with Crippen molar-refractivity contribution in [3.05, 3.63) is 70.6 Å². The Labute approximate surface area is 144 Å². The molecule has 2 nitrogen and oxygen atoms in total. The highest BCUT2D eigenvalue weighted by molar-refractivity contribution is 5.95. The van der Waals surface area contributed by atoms with Gasteiger partial charge in [0.1, 0.15) is 0 Å². The van der Waals surface area contributed by atoms with Gasteiger partial charge in [0.2, 0.25) is 0 Å². The predicted molar refractivity (Wildman–Crippen MR) is 105 cm³/mol. The van der Waals surface area contributed by atoms with Crippen LogP contribution < -0.4 is 5.56 Å². The van der Waals surface area contributed by atoms with Crippen molar-refractivity contribution in [1.29, 1.82) is 0 Å². The first-order valence-electron chi connectivity index (χ1n) is 8.57. The molecule has 3 rings (SSSR count). The van der Waals surface area contributed by atoms with Crippen LogP contribution in [0.4, 0.5) is 0 Å². The number of hydrogen-bond donors (Lipinski definition) is 0. The number of fused-ring (bicyclic) bond motifs is 1. The highest BCUT2D eigenvalue weighted by Crippen LogP contribution is 2.29. The molecule has 0 spiro atoms. The van der Waals surface area contributed by atoms with Crippen LogP contribution in [0.3, 0.4) is 0 Å². The third-order valence-electron chi connectivity index (χ3n) is 4.15. The second kappa shape index (κ2) is 7.04. The zero-order valence-corrected chi connectivity index (χ0v) is 15.6. The lowest BCUT2D eigenvalue weighted by molar-refractivity contribution is 0.590. The summed E-state index contributed by atoms with van der Waals surface area (Å²) < 4.78 is 1.66. The van der Waals surface area contributed by atoms with Crippen molar-refractivity contribution in [2.24, 2.45) is 7.05 Å². The molecule has 0 aliphatic carbocycles. The van der Waals surface area contributed by atoms with Gasteiger partial charge < -0.3 is 4.57 Å². The number of benzene rings is 2. The second-order valence-electron chi connectivity index (χ2n) is 6.83. The highest BCUT2D eigenvalue weighted by Gasteiger charge is 2.14. The van der Waals surface area contributed by atoms with E-state index in [9.17, 15) is 4.79 Å². The van der Waals surface area contributed by atoms with Crippen molar-refractivity contribution in [3.8, 4) is 11.1 Å². The second-order valence-corrected chi connectivity index (χ2v) is 6.83. The van der Waals surface area contributed by atoms with Crippen molar-refractivity contribution in [2.45, 2.75) is 40.0 Å². The SMILES string of the molecule is CC.Cn1cc(-c2ccc(C(C)(C)C)cc2)c2ccccc2c1=O. The maximum Gasteiger partial charge on any atom is 0.258 e. The standard InChI is InChI=1S/C20H21NO.C2H6/c1-20(2,3)15-11-9-14(10-12-15)18-13-21(4)19(22)17-8-6-5-7-16(17)18;1-2/h5-13H,1-4H3;1-2H3. The van der Waals surface area contributed by atoms with Crippen molar-refractivity contribution in [3.63, 3.8) is 0 Å². The van der Waals surface area contributed by atoms with Crippen LogP contribution in [0.1, 0.15) is 40.2 Å². The van der Waals surface area contributed by atoms with Crippen LogP contribution >= 0.6 is 0 Å². The van der Waals surface area contributed by atoms with E-state index in [4.69, 9.17) is 0 Å². The van der Waals surface area contributed by atoms with E-state index in [0.717, 1.165) is 21.9 Å². The minimum Gasteiger partial charge on any atom is -0.317 e. The molecule has 1 heterocycles. The first-order chi connectivity index (χ1) is 11.4. The number of aromatic nitrogens is 1. The van der Waals surface area contributed by atoms with Gasteiger partial charge in [0, 0.05) is 24.2 Å². The van der Waals surface area contributed by atoms with Gasteiger partial charge in [-0.05, 0) is 28.0 Å². The van der Waals surface area contributed by atoms with Crippen LogP contribution in [-0.4, -0.2) is 4.57 Å². The Balaban J connectivity index is 0.00000100. The maximum atomic E-state index is 12.3. The number of hydrogen-bond acceptors (Lipinski definition) is 1. The van der Waals surface area contributed by atoms with Crippen LogP contribution in [0.2, 0.25) is 0 Å². The third-order valence-corrected chi connectivity index (χ3v) is 4.15. The molecule has 3 aromatic rings. The molecule has 0 fully saturated rings. The van der Waals surface area contributed by atoms with Gasteiger partial charge in [0.15, 0.2) is 0 Å². The molecular weight excluding hydrogens is 294 g/mol. The van der Waals surface area contributed by atoms with E-state index in [0.29, 0.717) is 0 Å². The van der Waals surface area contributed by atoms with Crippen molar-refractivity contribution < 1.29 is 0 Å². The average Bonchev–Trinajstić information content (AvgIpc) is 2.59. The largest absolute Gasteiger partial charge is 0.317 e. The molecule has 0 N–H and O–H groups in total. The molecule has 0 aliphatic rings. The molecular formula is C22H27NO. The summed E-state index contributed by atoms with van der Waals surface area (Å²) in [5, 5.41) is 1.77. The van der Waals surface area contributed by atoms with E-state index >= 15 is 0 Å². The third kappa shape index (κ3) is 3.43. The van der Waals surface area contributed by atoms with Crippen LogP contribution in [0, 0.1) is 0 Å². The Morgan fingerprint density at radius 2 is 1.38 bits per heavy atom. The molecule has 0 aliphatic heterocycles. The number of rotatable bonds is 1. The van der Waals surface area contributed by atoms with E-state index < -0.39 is 0 Å². The summed E-state index contributed by atoms with van der Waals surface area (Å²) in [6, 6.07) is 16.4. The lowest BCUT2D eigenvalue weighted by atomic mass is 9.86. The first kappa shape index (κ1) is 18.0. The van der Waals surface area contributed by atoms with Gasteiger partial charge in [-0.15, -0.1) is 0 Å². The Bertz CT molecular complexity index is 880. The van der Waals surface area contributed by atoms with Crippen LogP contribution in [0.25, 0.3) is 21.9 Å². The molecule has 0 radical (unpaired) electrons. The maximum absolute atomic E-state index is 12.3. The fourth-order valence-electron chi connectivity index (χ4n) is 2.80. The Kier molecular flexibility index (Phi) is 5.28. The molecule has 2 aromatic carbocycles.